The van der Waals surface area contributed by atoms with E-state index >= 15 is 0 Å². The SMILES string of the molecule is Cc1ccc(CNCCNC[C@H](C)O)cc1. The Labute approximate surface area is 97.9 Å². The highest BCUT2D eigenvalue weighted by atomic mass is 16.3. The van der Waals surface area contributed by atoms with Gasteiger partial charge in [-0.2, -0.15) is 0 Å². The number of hydrogen-bond donors (Lipinski definition) is 3. The van der Waals surface area contributed by atoms with Crippen molar-refractivity contribution >= 4 is 0 Å². The zero-order valence-corrected chi connectivity index (χ0v) is 10.2. The van der Waals surface area contributed by atoms with E-state index in [9.17, 15) is 0 Å². The number of aliphatic hydroxyl groups excluding tert-OH is 1. The monoisotopic (exact) mass is 222 g/mol. The van der Waals surface area contributed by atoms with Crippen LogP contribution in [0.4, 0.5) is 0 Å². The van der Waals surface area contributed by atoms with E-state index < -0.39 is 0 Å². The molecule has 0 heterocycles. The van der Waals surface area contributed by atoms with Crippen molar-refractivity contribution in [2.45, 2.75) is 26.5 Å². The summed E-state index contributed by atoms with van der Waals surface area (Å²) in [6.45, 7) is 7.24. The van der Waals surface area contributed by atoms with E-state index in [2.05, 4.69) is 41.8 Å². The molecule has 0 bridgehead atoms. The van der Waals surface area contributed by atoms with Crippen molar-refractivity contribution in [3.8, 4) is 0 Å². The number of aryl methyl sites for hydroxylation is 1. The molecule has 1 aromatic carbocycles. The van der Waals surface area contributed by atoms with E-state index in [0.29, 0.717) is 6.54 Å². The first-order valence-corrected chi connectivity index (χ1v) is 5.83. The van der Waals surface area contributed by atoms with Crippen LogP contribution in [0.3, 0.4) is 0 Å². The van der Waals surface area contributed by atoms with E-state index in [1.807, 2.05) is 0 Å². The van der Waals surface area contributed by atoms with Gasteiger partial charge in [0.2, 0.25) is 0 Å². The molecule has 0 amide bonds. The second-order valence-electron chi connectivity index (χ2n) is 4.22. The molecule has 1 aromatic rings. The van der Waals surface area contributed by atoms with E-state index in [4.69, 9.17) is 5.11 Å². The third-order valence-corrected chi connectivity index (χ3v) is 2.37. The van der Waals surface area contributed by atoms with Crippen LogP contribution in [0.25, 0.3) is 0 Å². The van der Waals surface area contributed by atoms with E-state index in [1.165, 1.54) is 11.1 Å². The summed E-state index contributed by atoms with van der Waals surface area (Å²) in [5.74, 6) is 0. The van der Waals surface area contributed by atoms with Crippen LogP contribution in [0.15, 0.2) is 24.3 Å². The first-order chi connectivity index (χ1) is 7.68. The smallest absolute Gasteiger partial charge is 0.0636 e. The highest BCUT2D eigenvalue weighted by molar-refractivity contribution is 5.20. The second-order valence-corrected chi connectivity index (χ2v) is 4.22. The Hall–Kier alpha value is -0.900. The molecule has 0 aromatic heterocycles. The van der Waals surface area contributed by atoms with Crippen LogP contribution in [0.1, 0.15) is 18.1 Å². The minimum absolute atomic E-state index is 0.267. The van der Waals surface area contributed by atoms with Crippen LogP contribution in [0.5, 0.6) is 0 Å². The van der Waals surface area contributed by atoms with E-state index in [-0.39, 0.29) is 6.10 Å². The Balaban J connectivity index is 2.05. The van der Waals surface area contributed by atoms with Gasteiger partial charge in [-0.15, -0.1) is 0 Å². The van der Waals surface area contributed by atoms with E-state index in [1.54, 1.807) is 6.92 Å². The van der Waals surface area contributed by atoms with Gasteiger partial charge in [0.1, 0.15) is 0 Å². The lowest BCUT2D eigenvalue weighted by molar-refractivity contribution is 0.191. The molecule has 0 saturated heterocycles. The normalized spacial score (nSPS) is 12.7. The lowest BCUT2D eigenvalue weighted by Gasteiger charge is -2.08. The Kier molecular flexibility index (Phi) is 6.08. The molecule has 16 heavy (non-hydrogen) atoms. The summed E-state index contributed by atoms with van der Waals surface area (Å²) >= 11 is 0. The fraction of sp³-hybridized carbons (Fsp3) is 0.538. The van der Waals surface area contributed by atoms with Crippen LogP contribution in [-0.2, 0) is 6.54 Å². The van der Waals surface area contributed by atoms with Crippen molar-refractivity contribution < 1.29 is 5.11 Å². The van der Waals surface area contributed by atoms with Crippen molar-refractivity contribution in [3.63, 3.8) is 0 Å². The van der Waals surface area contributed by atoms with Gasteiger partial charge in [-0.25, -0.2) is 0 Å². The summed E-state index contributed by atoms with van der Waals surface area (Å²) in [7, 11) is 0. The predicted molar refractivity (Wildman–Crippen MR) is 67.4 cm³/mol. The average molecular weight is 222 g/mol. The molecule has 3 heteroatoms. The molecule has 3 nitrogen and oxygen atoms in total. The molecule has 0 aliphatic heterocycles. The molecular weight excluding hydrogens is 200 g/mol. The van der Waals surface area contributed by atoms with Gasteiger partial charge in [0.05, 0.1) is 6.10 Å². The maximum Gasteiger partial charge on any atom is 0.0636 e. The number of nitrogens with one attached hydrogen (secondary N) is 2. The Morgan fingerprint density at radius 2 is 1.75 bits per heavy atom. The van der Waals surface area contributed by atoms with Gasteiger partial charge in [0.25, 0.3) is 0 Å². The van der Waals surface area contributed by atoms with Gasteiger partial charge in [-0.3, -0.25) is 0 Å². The molecule has 3 N–H and O–H groups in total. The molecule has 1 atom stereocenters. The molecule has 1 rings (SSSR count). The molecule has 0 unspecified atom stereocenters. The molecule has 90 valence electrons. The Bertz CT molecular complexity index is 282. The topological polar surface area (TPSA) is 44.3 Å². The maximum atomic E-state index is 9.03. The van der Waals surface area contributed by atoms with Crippen molar-refractivity contribution in [2.75, 3.05) is 19.6 Å². The average Bonchev–Trinajstić information content (AvgIpc) is 2.25. The third kappa shape index (κ3) is 5.85. The number of hydrogen-bond acceptors (Lipinski definition) is 3. The molecule has 0 saturated carbocycles. The summed E-state index contributed by atoms with van der Waals surface area (Å²) in [6.07, 6.45) is -0.267. The van der Waals surface area contributed by atoms with Gasteiger partial charge in [0.15, 0.2) is 0 Å². The van der Waals surface area contributed by atoms with Crippen molar-refractivity contribution in [3.05, 3.63) is 35.4 Å². The van der Waals surface area contributed by atoms with Gasteiger partial charge in [-0.1, -0.05) is 29.8 Å². The van der Waals surface area contributed by atoms with E-state index in [0.717, 1.165) is 19.6 Å². The summed E-state index contributed by atoms with van der Waals surface area (Å²) in [4.78, 5) is 0. The van der Waals surface area contributed by atoms with Crippen LogP contribution in [0.2, 0.25) is 0 Å². The summed E-state index contributed by atoms with van der Waals surface area (Å²) in [6, 6.07) is 8.54. The van der Waals surface area contributed by atoms with Gasteiger partial charge in [0, 0.05) is 26.2 Å². The second kappa shape index (κ2) is 7.39. The number of aliphatic hydroxyl groups is 1. The molecular formula is C13H22N2O. The highest BCUT2D eigenvalue weighted by Crippen LogP contribution is 2.01. The third-order valence-electron chi connectivity index (χ3n) is 2.37. The first kappa shape index (κ1) is 13.2. The Morgan fingerprint density at radius 3 is 2.38 bits per heavy atom. The quantitative estimate of drug-likeness (QED) is 0.604. The van der Waals surface area contributed by atoms with Gasteiger partial charge < -0.3 is 15.7 Å². The maximum absolute atomic E-state index is 9.03. The van der Waals surface area contributed by atoms with Crippen molar-refractivity contribution in [1.82, 2.24) is 10.6 Å². The summed E-state index contributed by atoms with van der Waals surface area (Å²) in [5, 5.41) is 15.5. The zero-order chi connectivity index (χ0) is 11.8. The fourth-order valence-electron chi connectivity index (χ4n) is 1.43. The van der Waals surface area contributed by atoms with Crippen LogP contribution in [-0.4, -0.2) is 30.8 Å². The zero-order valence-electron chi connectivity index (χ0n) is 10.2. The number of rotatable bonds is 7. The number of benzene rings is 1. The molecule has 0 radical (unpaired) electrons. The van der Waals surface area contributed by atoms with Crippen LogP contribution in [0, 0.1) is 6.92 Å². The highest BCUT2D eigenvalue weighted by Gasteiger charge is 1.94. The van der Waals surface area contributed by atoms with Gasteiger partial charge in [-0.05, 0) is 19.4 Å². The minimum Gasteiger partial charge on any atom is -0.392 e. The Morgan fingerprint density at radius 1 is 1.12 bits per heavy atom. The van der Waals surface area contributed by atoms with Crippen molar-refractivity contribution in [2.24, 2.45) is 0 Å². The molecule has 0 aliphatic rings. The predicted octanol–water partition coefficient (Wildman–Crippen LogP) is 1.06. The lowest BCUT2D eigenvalue weighted by atomic mass is 10.1. The minimum atomic E-state index is -0.267. The summed E-state index contributed by atoms with van der Waals surface area (Å²) < 4.78 is 0. The molecule has 0 spiro atoms. The molecule has 0 aliphatic carbocycles. The standard InChI is InChI=1S/C13H22N2O/c1-11-3-5-13(6-4-11)10-15-8-7-14-9-12(2)16/h3-6,12,14-16H,7-10H2,1-2H3/t12-/m0/s1. The van der Waals surface area contributed by atoms with Crippen LogP contribution >= 0.6 is 0 Å². The first-order valence-electron chi connectivity index (χ1n) is 5.83. The fourth-order valence-corrected chi connectivity index (χ4v) is 1.43. The van der Waals surface area contributed by atoms with Crippen molar-refractivity contribution in [1.29, 1.82) is 0 Å². The van der Waals surface area contributed by atoms with Gasteiger partial charge >= 0.3 is 0 Å². The largest absolute Gasteiger partial charge is 0.392 e. The molecule has 0 fully saturated rings. The summed E-state index contributed by atoms with van der Waals surface area (Å²) in [5.41, 5.74) is 2.60. The van der Waals surface area contributed by atoms with Crippen LogP contribution < -0.4 is 10.6 Å². The lowest BCUT2D eigenvalue weighted by Crippen LogP contribution is -2.31.